The number of nitrogens with one attached hydrogen (secondary N) is 2. The first-order valence-corrected chi connectivity index (χ1v) is 10.4. The number of likely N-dealkylation sites (tertiary alicyclic amines) is 1. The second-order valence-corrected chi connectivity index (χ2v) is 7.94. The van der Waals surface area contributed by atoms with Crippen LogP contribution >= 0.6 is 11.6 Å². The third-order valence-corrected chi connectivity index (χ3v) is 5.71. The lowest BCUT2D eigenvalue weighted by atomic mass is 9.95. The molecule has 1 aliphatic rings. The maximum Gasteiger partial charge on any atom is 0.241 e. The predicted molar refractivity (Wildman–Crippen MR) is 118 cm³/mol. The highest BCUT2D eigenvalue weighted by atomic mass is 35.5. The van der Waals surface area contributed by atoms with E-state index in [-0.39, 0.29) is 23.8 Å². The van der Waals surface area contributed by atoms with Crippen LogP contribution in [-0.4, -0.2) is 47.9 Å². The van der Waals surface area contributed by atoms with Crippen molar-refractivity contribution in [1.82, 2.24) is 9.88 Å². The average molecular weight is 431 g/mol. The average Bonchev–Trinajstić information content (AvgIpc) is 2.73. The van der Waals surface area contributed by atoms with Crippen LogP contribution < -0.4 is 15.4 Å². The number of rotatable bonds is 6. The summed E-state index contributed by atoms with van der Waals surface area (Å²) in [6, 6.07) is 8.57. The Morgan fingerprint density at radius 3 is 2.57 bits per heavy atom. The van der Waals surface area contributed by atoms with Gasteiger partial charge in [0.25, 0.3) is 0 Å². The molecule has 3 rings (SSSR count). The Labute approximate surface area is 181 Å². The third-order valence-electron chi connectivity index (χ3n) is 5.41. The highest BCUT2D eigenvalue weighted by Crippen LogP contribution is 2.27. The molecule has 1 fully saturated rings. The number of ether oxygens (including phenoxy) is 1. The van der Waals surface area contributed by atoms with E-state index in [0.717, 1.165) is 5.56 Å². The van der Waals surface area contributed by atoms with E-state index < -0.39 is 0 Å². The lowest BCUT2D eigenvalue weighted by Crippen LogP contribution is -2.47. The Bertz CT molecular complexity index is 913. The Morgan fingerprint density at radius 1 is 1.20 bits per heavy atom. The SMILES string of the molecule is COc1ccc(NC(=O)C(C)N2CCC(C(=O)Nc3cc(C)ccn3)CC2)cc1Cl. The summed E-state index contributed by atoms with van der Waals surface area (Å²) in [6.07, 6.45) is 3.08. The summed E-state index contributed by atoms with van der Waals surface area (Å²) in [5.41, 5.74) is 1.67. The molecule has 7 nitrogen and oxygen atoms in total. The van der Waals surface area contributed by atoms with E-state index in [9.17, 15) is 9.59 Å². The van der Waals surface area contributed by atoms with Crippen molar-refractivity contribution in [2.75, 3.05) is 30.8 Å². The van der Waals surface area contributed by atoms with E-state index in [2.05, 4.69) is 20.5 Å². The number of nitrogens with zero attached hydrogens (tertiary/aromatic N) is 2. The van der Waals surface area contributed by atoms with Crippen LogP contribution in [0.5, 0.6) is 5.75 Å². The van der Waals surface area contributed by atoms with Crippen molar-refractivity contribution in [2.24, 2.45) is 5.92 Å². The quantitative estimate of drug-likeness (QED) is 0.729. The first-order chi connectivity index (χ1) is 14.4. The van der Waals surface area contributed by atoms with Crippen molar-refractivity contribution < 1.29 is 14.3 Å². The van der Waals surface area contributed by atoms with E-state index in [1.807, 2.05) is 26.0 Å². The first-order valence-electron chi connectivity index (χ1n) is 9.99. The van der Waals surface area contributed by atoms with Crippen molar-refractivity contribution in [3.63, 3.8) is 0 Å². The number of hydrogen-bond acceptors (Lipinski definition) is 5. The normalized spacial score (nSPS) is 16.0. The molecule has 1 unspecified atom stereocenters. The lowest BCUT2D eigenvalue weighted by molar-refractivity contribution is -0.123. The van der Waals surface area contributed by atoms with E-state index in [4.69, 9.17) is 16.3 Å². The summed E-state index contributed by atoms with van der Waals surface area (Å²) >= 11 is 6.12. The van der Waals surface area contributed by atoms with Gasteiger partial charge < -0.3 is 15.4 Å². The van der Waals surface area contributed by atoms with Gasteiger partial charge in [-0.05, 0) is 75.7 Å². The number of halogens is 1. The van der Waals surface area contributed by atoms with Gasteiger partial charge in [0.2, 0.25) is 11.8 Å². The molecule has 1 aliphatic heterocycles. The Balaban J connectivity index is 1.50. The summed E-state index contributed by atoms with van der Waals surface area (Å²) in [5.74, 6) is 0.928. The van der Waals surface area contributed by atoms with Crippen LogP contribution in [0, 0.1) is 12.8 Å². The monoisotopic (exact) mass is 430 g/mol. The van der Waals surface area contributed by atoms with Crippen LogP contribution in [0.2, 0.25) is 5.02 Å². The van der Waals surface area contributed by atoms with Crippen molar-refractivity contribution in [2.45, 2.75) is 32.7 Å². The molecular weight excluding hydrogens is 404 g/mol. The molecule has 1 saturated heterocycles. The minimum Gasteiger partial charge on any atom is -0.495 e. The van der Waals surface area contributed by atoms with Gasteiger partial charge in [-0.3, -0.25) is 14.5 Å². The van der Waals surface area contributed by atoms with Crippen molar-refractivity contribution in [3.05, 3.63) is 47.1 Å². The fourth-order valence-corrected chi connectivity index (χ4v) is 3.80. The van der Waals surface area contributed by atoms with Crippen molar-refractivity contribution >= 4 is 34.9 Å². The Kier molecular flexibility index (Phi) is 7.29. The van der Waals surface area contributed by atoms with Crippen LogP contribution in [0.25, 0.3) is 0 Å². The van der Waals surface area contributed by atoms with E-state index >= 15 is 0 Å². The number of methoxy groups -OCH3 is 1. The van der Waals surface area contributed by atoms with Gasteiger partial charge in [0.15, 0.2) is 0 Å². The molecule has 0 bridgehead atoms. The molecule has 160 valence electrons. The molecule has 2 heterocycles. The van der Waals surface area contributed by atoms with Gasteiger partial charge >= 0.3 is 0 Å². The minimum atomic E-state index is -0.312. The highest BCUT2D eigenvalue weighted by molar-refractivity contribution is 6.32. The van der Waals surface area contributed by atoms with Gasteiger partial charge in [-0.2, -0.15) is 0 Å². The lowest BCUT2D eigenvalue weighted by Gasteiger charge is -2.34. The standard InChI is InChI=1S/C22H27ClN4O3/c1-14-6-9-24-20(12-14)26-22(29)16-7-10-27(11-8-16)15(2)21(28)25-17-4-5-19(30-3)18(23)13-17/h4-6,9,12-13,15-16H,7-8,10-11H2,1-3H3,(H,25,28)(H,24,26,29). The van der Waals surface area contributed by atoms with Gasteiger partial charge in [0.05, 0.1) is 18.2 Å². The molecular formula is C22H27ClN4O3. The fraction of sp³-hybridized carbons (Fsp3) is 0.409. The number of hydrogen-bond donors (Lipinski definition) is 2. The summed E-state index contributed by atoms with van der Waals surface area (Å²) in [4.78, 5) is 31.5. The van der Waals surface area contributed by atoms with Gasteiger partial charge in [-0.25, -0.2) is 4.98 Å². The zero-order chi connectivity index (χ0) is 21.7. The smallest absolute Gasteiger partial charge is 0.241 e. The molecule has 1 atom stereocenters. The molecule has 2 aromatic rings. The number of piperidine rings is 1. The number of amides is 2. The number of anilines is 2. The Hall–Kier alpha value is -2.64. The van der Waals surface area contributed by atoms with Crippen LogP contribution in [0.1, 0.15) is 25.3 Å². The van der Waals surface area contributed by atoms with E-state index in [1.165, 1.54) is 0 Å². The molecule has 0 spiro atoms. The largest absolute Gasteiger partial charge is 0.495 e. The molecule has 0 aliphatic carbocycles. The number of benzene rings is 1. The number of pyridine rings is 1. The molecule has 30 heavy (non-hydrogen) atoms. The molecule has 0 radical (unpaired) electrons. The maximum absolute atomic E-state index is 12.7. The number of carbonyl (C=O) groups is 2. The molecule has 0 saturated carbocycles. The summed E-state index contributed by atoms with van der Waals surface area (Å²) in [7, 11) is 1.54. The third kappa shape index (κ3) is 5.49. The van der Waals surface area contributed by atoms with Gasteiger partial charge in [0.1, 0.15) is 11.6 Å². The zero-order valence-corrected chi connectivity index (χ0v) is 18.2. The zero-order valence-electron chi connectivity index (χ0n) is 17.4. The molecule has 1 aromatic carbocycles. The summed E-state index contributed by atoms with van der Waals surface area (Å²) in [5, 5.41) is 6.23. The van der Waals surface area contributed by atoms with Crippen LogP contribution in [0.3, 0.4) is 0 Å². The second kappa shape index (κ2) is 9.91. The Morgan fingerprint density at radius 2 is 1.93 bits per heavy atom. The fourth-order valence-electron chi connectivity index (χ4n) is 3.54. The summed E-state index contributed by atoms with van der Waals surface area (Å²) < 4.78 is 5.13. The van der Waals surface area contributed by atoms with Gasteiger partial charge in [0, 0.05) is 17.8 Å². The molecule has 2 amide bonds. The predicted octanol–water partition coefficient (Wildman–Crippen LogP) is 3.73. The van der Waals surface area contributed by atoms with Gasteiger partial charge in [-0.1, -0.05) is 11.6 Å². The van der Waals surface area contributed by atoms with E-state index in [0.29, 0.717) is 48.2 Å². The number of aromatic nitrogens is 1. The minimum absolute atomic E-state index is 0.0160. The highest BCUT2D eigenvalue weighted by Gasteiger charge is 2.30. The summed E-state index contributed by atoms with van der Waals surface area (Å²) in [6.45, 7) is 5.19. The van der Waals surface area contributed by atoms with Gasteiger partial charge in [-0.15, -0.1) is 0 Å². The van der Waals surface area contributed by atoms with Crippen molar-refractivity contribution in [3.8, 4) is 5.75 Å². The number of carbonyl (C=O) groups excluding carboxylic acids is 2. The van der Waals surface area contributed by atoms with Crippen LogP contribution in [-0.2, 0) is 9.59 Å². The maximum atomic E-state index is 12.7. The molecule has 1 aromatic heterocycles. The van der Waals surface area contributed by atoms with Crippen LogP contribution in [0.15, 0.2) is 36.5 Å². The number of aryl methyl sites for hydroxylation is 1. The molecule has 8 heteroatoms. The second-order valence-electron chi connectivity index (χ2n) is 7.53. The first kappa shape index (κ1) is 22.1. The van der Waals surface area contributed by atoms with E-state index in [1.54, 1.807) is 31.5 Å². The molecule has 2 N–H and O–H groups in total. The topological polar surface area (TPSA) is 83.6 Å². The van der Waals surface area contributed by atoms with Crippen LogP contribution in [0.4, 0.5) is 11.5 Å². The van der Waals surface area contributed by atoms with Crippen molar-refractivity contribution in [1.29, 1.82) is 0 Å².